The third kappa shape index (κ3) is 3.78. The molecule has 106 valence electrons. The average molecular weight is 413 g/mol. The molecule has 1 atom stereocenters. The molecular formula is C12H15Br2NO3S. The smallest absolute Gasteiger partial charge is 0.241 e. The lowest BCUT2D eigenvalue weighted by atomic mass is 10.1. The van der Waals surface area contributed by atoms with Crippen molar-refractivity contribution in [3.05, 3.63) is 26.6 Å². The maximum atomic E-state index is 12.3. The van der Waals surface area contributed by atoms with Gasteiger partial charge in [0, 0.05) is 22.1 Å². The van der Waals surface area contributed by atoms with Crippen LogP contribution in [0.2, 0.25) is 0 Å². The lowest BCUT2D eigenvalue weighted by Crippen LogP contribution is -2.29. The molecule has 2 rings (SSSR count). The van der Waals surface area contributed by atoms with E-state index in [2.05, 4.69) is 36.6 Å². The van der Waals surface area contributed by atoms with E-state index < -0.39 is 10.0 Å². The summed E-state index contributed by atoms with van der Waals surface area (Å²) in [6, 6.07) is 3.41. The highest BCUT2D eigenvalue weighted by Gasteiger charge is 2.22. The molecule has 1 unspecified atom stereocenters. The highest BCUT2D eigenvalue weighted by atomic mass is 79.9. The first-order valence-corrected chi connectivity index (χ1v) is 9.00. The number of halogens is 2. The highest BCUT2D eigenvalue weighted by Crippen LogP contribution is 2.28. The summed E-state index contributed by atoms with van der Waals surface area (Å²) in [7, 11) is -3.50. The molecule has 1 fully saturated rings. The van der Waals surface area contributed by atoms with Gasteiger partial charge in [0.2, 0.25) is 10.0 Å². The first kappa shape index (κ1) is 15.4. The first-order chi connectivity index (χ1) is 8.90. The van der Waals surface area contributed by atoms with Crippen LogP contribution in [0.4, 0.5) is 0 Å². The van der Waals surface area contributed by atoms with Gasteiger partial charge in [0.05, 0.1) is 11.5 Å². The van der Waals surface area contributed by atoms with Gasteiger partial charge in [-0.2, -0.15) is 0 Å². The minimum Gasteiger partial charge on any atom is -0.381 e. The largest absolute Gasteiger partial charge is 0.381 e. The third-order valence-corrected chi connectivity index (χ3v) is 6.33. The molecule has 0 spiro atoms. The van der Waals surface area contributed by atoms with Crippen molar-refractivity contribution in [2.24, 2.45) is 5.92 Å². The summed E-state index contributed by atoms with van der Waals surface area (Å²) in [5.74, 6) is 0.266. The molecule has 0 radical (unpaired) electrons. The SMILES string of the molecule is Cc1cc(Br)c(S(=O)(=O)NCC2CCOC2)cc1Br. The van der Waals surface area contributed by atoms with Gasteiger partial charge >= 0.3 is 0 Å². The number of hydrogen-bond acceptors (Lipinski definition) is 3. The van der Waals surface area contributed by atoms with Gasteiger partial charge in [-0.05, 0) is 52.9 Å². The Hall–Kier alpha value is 0.0500. The van der Waals surface area contributed by atoms with E-state index in [1.54, 1.807) is 12.1 Å². The zero-order valence-electron chi connectivity index (χ0n) is 10.4. The highest BCUT2D eigenvalue weighted by molar-refractivity contribution is 9.11. The van der Waals surface area contributed by atoms with Crippen LogP contribution in [0.25, 0.3) is 0 Å². The third-order valence-electron chi connectivity index (χ3n) is 3.09. The van der Waals surface area contributed by atoms with Crippen molar-refractivity contribution in [1.29, 1.82) is 0 Å². The fourth-order valence-electron chi connectivity index (χ4n) is 1.88. The fraction of sp³-hybridized carbons (Fsp3) is 0.500. The number of sulfonamides is 1. The second-order valence-corrected chi connectivity index (χ2v) is 8.06. The van der Waals surface area contributed by atoms with Crippen LogP contribution in [0.1, 0.15) is 12.0 Å². The molecule has 1 aromatic rings. The van der Waals surface area contributed by atoms with E-state index in [0.717, 1.165) is 16.5 Å². The van der Waals surface area contributed by atoms with Crippen molar-refractivity contribution in [1.82, 2.24) is 4.72 Å². The molecule has 1 N–H and O–H groups in total. The van der Waals surface area contributed by atoms with Crippen LogP contribution in [0, 0.1) is 12.8 Å². The standard InChI is InChI=1S/C12H15Br2NO3S/c1-8-4-11(14)12(5-10(8)13)19(16,17)15-6-9-2-3-18-7-9/h4-5,9,15H,2-3,6-7H2,1H3. The van der Waals surface area contributed by atoms with Gasteiger partial charge in [-0.15, -0.1) is 0 Å². The van der Waals surface area contributed by atoms with Gasteiger partial charge in [-0.25, -0.2) is 13.1 Å². The van der Waals surface area contributed by atoms with Gasteiger partial charge in [0.25, 0.3) is 0 Å². The van der Waals surface area contributed by atoms with E-state index in [1.165, 1.54) is 0 Å². The topological polar surface area (TPSA) is 55.4 Å². The van der Waals surface area contributed by atoms with Crippen molar-refractivity contribution in [2.75, 3.05) is 19.8 Å². The molecule has 1 heterocycles. The summed E-state index contributed by atoms with van der Waals surface area (Å²) in [6.07, 6.45) is 0.904. The lowest BCUT2D eigenvalue weighted by Gasteiger charge is -2.12. The summed E-state index contributed by atoms with van der Waals surface area (Å²) in [5.41, 5.74) is 0.981. The van der Waals surface area contributed by atoms with Gasteiger partial charge in [-0.1, -0.05) is 15.9 Å². The zero-order valence-corrected chi connectivity index (χ0v) is 14.4. The normalized spacial score (nSPS) is 19.8. The molecule has 7 heteroatoms. The maximum Gasteiger partial charge on any atom is 0.241 e. The van der Waals surface area contributed by atoms with E-state index in [-0.39, 0.29) is 10.8 Å². The summed E-state index contributed by atoms with van der Waals surface area (Å²) >= 11 is 6.66. The van der Waals surface area contributed by atoms with Crippen molar-refractivity contribution >= 4 is 41.9 Å². The van der Waals surface area contributed by atoms with E-state index in [1.807, 2.05) is 6.92 Å². The molecule has 0 aromatic heterocycles. The monoisotopic (exact) mass is 411 g/mol. The lowest BCUT2D eigenvalue weighted by molar-refractivity contribution is 0.186. The summed E-state index contributed by atoms with van der Waals surface area (Å²) in [6.45, 7) is 3.67. The number of hydrogen-bond donors (Lipinski definition) is 1. The van der Waals surface area contributed by atoms with Crippen molar-refractivity contribution < 1.29 is 13.2 Å². The Morgan fingerprint density at radius 2 is 2.11 bits per heavy atom. The zero-order chi connectivity index (χ0) is 14.0. The second kappa shape index (κ2) is 6.22. The summed E-state index contributed by atoms with van der Waals surface area (Å²) < 4.78 is 33.8. The number of rotatable bonds is 4. The van der Waals surface area contributed by atoms with Gasteiger partial charge < -0.3 is 4.74 Å². The van der Waals surface area contributed by atoms with E-state index >= 15 is 0 Å². The minimum absolute atomic E-state index is 0.254. The van der Waals surface area contributed by atoms with Crippen LogP contribution in [0.15, 0.2) is 26.0 Å². The number of nitrogens with one attached hydrogen (secondary N) is 1. The maximum absolute atomic E-state index is 12.3. The molecule has 19 heavy (non-hydrogen) atoms. The minimum atomic E-state index is -3.50. The molecule has 1 aliphatic rings. The molecule has 1 saturated heterocycles. The summed E-state index contributed by atoms with van der Waals surface area (Å²) in [4.78, 5) is 0.254. The molecular weight excluding hydrogens is 398 g/mol. The molecule has 1 aliphatic heterocycles. The quantitative estimate of drug-likeness (QED) is 0.827. The van der Waals surface area contributed by atoms with Crippen LogP contribution in [-0.2, 0) is 14.8 Å². The average Bonchev–Trinajstić information content (AvgIpc) is 2.84. The Kier molecular flexibility index (Phi) is 5.05. The Labute approximate surface area is 130 Å². The Balaban J connectivity index is 2.16. The molecule has 0 bridgehead atoms. The molecule has 0 aliphatic carbocycles. The Morgan fingerprint density at radius 3 is 2.74 bits per heavy atom. The first-order valence-electron chi connectivity index (χ1n) is 5.93. The van der Waals surface area contributed by atoms with E-state index in [0.29, 0.717) is 24.2 Å². The molecule has 0 amide bonds. The predicted molar refractivity (Wildman–Crippen MR) is 80.7 cm³/mol. The Bertz CT molecular complexity index is 569. The van der Waals surface area contributed by atoms with E-state index in [4.69, 9.17) is 4.74 Å². The van der Waals surface area contributed by atoms with Crippen molar-refractivity contribution in [2.45, 2.75) is 18.2 Å². The van der Waals surface area contributed by atoms with Crippen molar-refractivity contribution in [3.63, 3.8) is 0 Å². The molecule has 1 aromatic carbocycles. The number of ether oxygens (including phenoxy) is 1. The van der Waals surface area contributed by atoms with Crippen molar-refractivity contribution in [3.8, 4) is 0 Å². The number of benzene rings is 1. The summed E-state index contributed by atoms with van der Waals surface area (Å²) in [5, 5.41) is 0. The number of aryl methyl sites for hydroxylation is 1. The van der Waals surface area contributed by atoms with Gasteiger partial charge in [0.1, 0.15) is 0 Å². The van der Waals surface area contributed by atoms with E-state index in [9.17, 15) is 8.42 Å². The molecule has 4 nitrogen and oxygen atoms in total. The predicted octanol–water partition coefficient (Wildman–Crippen LogP) is 2.83. The van der Waals surface area contributed by atoms with Gasteiger partial charge in [0.15, 0.2) is 0 Å². The Morgan fingerprint density at radius 1 is 1.37 bits per heavy atom. The van der Waals surface area contributed by atoms with Crippen LogP contribution >= 0.6 is 31.9 Å². The second-order valence-electron chi connectivity index (χ2n) is 4.61. The molecule has 0 saturated carbocycles. The van der Waals surface area contributed by atoms with Crippen LogP contribution in [0.3, 0.4) is 0 Å². The van der Waals surface area contributed by atoms with Crippen LogP contribution in [0.5, 0.6) is 0 Å². The van der Waals surface area contributed by atoms with Crippen LogP contribution < -0.4 is 4.72 Å². The van der Waals surface area contributed by atoms with Gasteiger partial charge in [-0.3, -0.25) is 0 Å². The van der Waals surface area contributed by atoms with Crippen LogP contribution in [-0.4, -0.2) is 28.2 Å². The fourth-order valence-corrected chi connectivity index (χ4v) is 4.67.